The number of carbonyl (C=O) groups excluding carboxylic acids is 1. The molecule has 9 nitrogen and oxygen atoms in total. The van der Waals surface area contributed by atoms with Gasteiger partial charge in [0.1, 0.15) is 0 Å². The van der Waals surface area contributed by atoms with Crippen molar-refractivity contribution in [3.05, 3.63) is 29.0 Å². The number of fused-ring (bicyclic) bond motifs is 1. The smallest absolute Gasteiger partial charge is 0.335 e. The molecule has 2 aromatic rings. The molecule has 1 heterocycles. The number of amides is 2. The third-order valence-electron chi connectivity index (χ3n) is 2.86. The summed E-state index contributed by atoms with van der Waals surface area (Å²) in [6, 6.07) is 4.51. The van der Waals surface area contributed by atoms with Crippen molar-refractivity contribution in [2.45, 2.75) is 6.42 Å². The SMILES string of the molecule is CN(C)CCCNC(=O)N/N=C/c1ccc2c(c1)no[n+]2[O-]. The molecule has 9 heteroatoms. The van der Waals surface area contributed by atoms with Crippen LogP contribution in [0.3, 0.4) is 0 Å². The molecule has 0 aliphatic heterocycles. The molecule has 0 fully saturated rings. The summed E-state index contributed by atoms with van der Waals surface area (Å²) in [6.07, 6.45) is 2.32. The van der Waals surface area contributed by atoms with E-state index in [2.05, 4.69) is 25.6 Å². The monoisotopic (exact) mass is 306 g/mol. The first kappa shape index (κ1) is 15.7. The standard InChI is InChI=1S/C13H18N6O3/c1-18(2)7-3-6-14-13(20)16-15-9-10-4-5-12-11(8-10)17-22-19(12)21/h4-5,8-9H,3,6-7H2,1-2H3,(H2,14,16,20)/b15-9+. The fraction of sp³-hybridized carbons (Fsp3) is 0.385. The zero-order valence-corrected chi connectivity index (χ0v) is 12.4. The first-order chi connectivity index (χ1) is 10.6. The molecule has 0 saturated heterocycles. The van der Waals surface area contributed by atoms with Crippen LogP contribution >= 0.6 is 0 Å². The van der Waals surface area contributed by atoms with E-state index in [0.29, 0.717) is 28.0 Å². The van der Waals surface area contributed by atoms with E-state index in [0.717, 1.165) is 13.0 Å². The maximum Gasteiger partial charge on any atom is 0.335 e. The predicted molar refractivity (Wildman–Crippen MR) is 80.3 cm³/mol. The zero-order valence-electron chi connectivity index (χ0n) is 12.4. The van der Waals surface area contributed by atoms with E-state index >= 15 is 0 Å². The molecule has 2 N–H and O–H groups in total. The summed E-state index contributed by atoms with van der Waals surface area (Å²) < 4.78 is 4.47. The van der Waals surface area contributed by atoms with Gasteiger partial charge in [-0.3, -0.25) is 4.63 Å². The highest BCUT2D eigenvalue weighted by Gasteiger charge is 2.08. The lowest BCUT2D eigenvalue weighted by Crippen LogP contribution is -2.34. The normalized spacial score (nSPS) is 11.4. The van der Waals surface area contributed by atoms with Crippen molar-refractivity contribution in [3.63, 3.8) is 0 Å². The number of aromatic nitrogens is 2. The first-order valence-electron chi connectivity index (χ1n) is 6.77. The van der Waals surface area contributed by atoms with Crippen LogP contribution in [-0.2, 0) is 0 Å². The van der Waals surface area contributed by atoms with Crippen molar-refractivity contribution in [2.75, 3.05) is 27.2 Å². The van der Waals surface area contributed by atoms with Gasteiger partial charge in [-0.05, 0) is 49.7 Å². The minimum Gasteiger partial charge on any atom is -0.359 e. The van der Waals surface area contributed by atoms with Gasteiger partial charge in [0.25, 0.3) is 0 Å². The van der Waals surface area contributed by atoms with Gasteiger partial charge in [0.05, 0.1) is 6.21 Å². The number of rotatable bonds is 6. The lowest BCUT2D eigenvalue weighted by Gasteiger charge is -2.09. The van der Waals surface area contributed by atoms with Crippen LogP contribution in [0.15, 0.2) is 27.9 Å². The Bertz CT molecular complexity index is 667. The number of nitrogens with zero attached hydrogens (tertiary/aromatic N) is 4. The lowest BCUT2D eigenvalue weighted by atomic mass is 10.2. The first-order valence-corrected chi connectivity index (χ1v) is 6.77. The molecule has 1 aromatic heterocycles. The van der Waals surface area contributed by atoms with E-state index in [1.165, 1.54) is 6.21 Å². The van der Waals surface area contributed by atoms with Crippen LogP contribution in [0.4, 0.5) is 4.79 Å². The number of hydrogen-bond donors (Lipinski definition) is 2. The number of urea groups is 1. The highest BCUT2D eigenvalue weighted by molar-refractivity contribution is 5.86. The molecule has 2 rings (SSSR count). The van der Waals surface area contributed by atoms with Gasteiger partial charge in [0.15, 0.2) is 0 Å². The number of carbonyl (C=O) groups is 1. The minimum absolute atomic E-state index is 0.329. The minimum atomic E-state index is -0.366. The Hall–Kier alpha value is -2.68. The maximum atomic E-state index is 11.5. The van der Waals surface area contributed by atoms with Gasteiger partial charge < -0.3 is 15.4 Å². The highest BCUT2D eigenvalue weighted by Crippen LogP contribution is 2.08. The third-order valence-corrected chi connectivity index (χ3v) is 2.86. The summed E-state index contributed by atoms with van der Waals surface area (Å²) in [7, 11) is 3.95. The second-order valence-electron chi connectivity index (χ2n) is 4.96. The largest absolute Gasteiger partial charge is 0.359 e. The predicted octanol–water partition coefficient (Wildman–Crippen LogP) is 0.0460. The average molecular weight is 306 g/mol. The van der Waals surface area contributed by atoms with Crippen molar-refractivity contribution in [3.8, 4) is 0 Å². The fourth-order valence-electron chi connectivity index (χ4n) is 1.78. The Morgan fingerprint density at radius 2 is 2.36 bits per heavy atom. The fourth-order valence-corrected chi connectivity index (χ4v) is 1.78. The van der Waals surface area contributed by atoms with Crippen LogP contribution < -0.4 is 15.6 Å². The van der Waals surface area contributed by atoms with Crippen molar-refractivity contribution < 1.29 is 14.3 Å². The molecule has 0 atom stereocenters. The molecule has 0 saturated carbocycles. The number of hydrogen-bond acceptors (Lipinski definition) is 6. The van der Waals surface area contributed by atoms with Crippen LogP contribution in [0.2, 0.25) is 0 Å². The van der Waals surface area contributed by atoms with E-state index in [9.17, 15) is 10.0 Å². The summed E-state index contributed by atoms with van der Waals surface area (Å²) in [5.74, 6) is 0. The Morgan fingerprint density at radius 1 is 1.55 bits per heavy atom. The Morgan fingerprint density at radius 3 is 3.14 bits per heavy atom. The Labute approximate surface area is 127 Å². The quantitative estimate of drug-likeness (QED) is 0.339. The highest BCUT2D eigenvalue weighted by atomic mass is 16.8. The van der Waals surface area contributed by atoms with Crippen molar-refractivity contribution >= 4 is 23.3 Å². The molecule has 0 radical (unpaired) electrons. The summed E-state index contributed by atoms with van der Waals surface area (Å²) in [5.41, 5.74) is 3.82. The van der Waals surface area contributed by atoms with Crippen molar-refractivity contribution in [2.24, 2.45) is 5.10 Å². The number of hydrazone groups is 1. The molecular weight excluding hydrogens is 288 g/mol. The molecule has 118 valence electrons. The molecule has 0 spiro atoms. The molecule has 22 heavy (non-hydrogen) atoms. The topological polar surface area (TPSA) is 110 Å². The van der Waals surface area contributed by atoms with Crippen molar-refractivity contribution in [1.82, 2.24) is 20.8 Å². The van der Waals surface area contributed by atoms with Gasteiger partial charge in [-0.15, -0.1) is 0 Å². The lowest BCUT2D eigenvalue weighted by molar-refractivity contribution is -0.782. The molecule has 0 bridgehead atoms. The Kier molecular flexibility index (Phi) is 5.26. The van der Waals surface area contributed by atoms with Crippen LogP contribution in [0, 0.1) is 5.21 Å². The van der Waals surface area contributed by atoms with Crippen LogP contribution in [0.5, 0.6) is 0 Å². The molecule has 0 unspecified atom stereocenters. The van der Waals surface area contributed by atoms with E-state index in [-0.39, 0.29) is 6.03 Å². The average Bonchev–Trinajstić information content (AvgIpc) is 2.84. The van der Waals surface area contributed by atoms with Crippen LogP contribution in [0.1, 0.15) is 12.0 Å². The van der Waals surface area contributed by atoms with Gasteiger partial charge in [-0.2, -0.15) is 5.10 Å². The van der Waals surface area contributed by atoms with Crippen LogP contribution in [-0.4, -0.2) is 49.5 Å². The number of nitrogens with one attached hydrogen (secondary N) is 2. The number of benzene rings is 1. The second kappa shape index (κ2) is 7.36. The maximum absolute atomic E-state index is 11.5. The molecule has 1 aromatic carbocycles. The van der Waals surface area contributed by atoms with Gasteiger partial charge >= 0.3 is 6.03 Å². The summed E-state index contributed by atoms with van der Waals surface area (Å²) in [4.78, 5) is 13.8. The Balaban J connectivity index is 1.79. The van der Waals surface area contributed by atoms with Crippen molar-refractivity contribution in [1.29, 1.82) is 0 Å². The summed E-state index contributed by atoms with van der Waals surface area (Å²) >= 11 is 0. The van der Waals surface area contributed by atoms with E-state index in [1.807, 2.05) is 19.0 Å². The molecule has 2 amide bonds. The van der Waals surface area contributed by atoms with Gasteiger partial charge in [-0.1, -0.05) is 0 Å². The summed E-state index contributed by atoms with van der Waals surface area (Å²) in [6.45, 7) is 1.48. The van der Waals surface area contributed by atoms with Gasteiger partial charge in [-0.25, -0.2) is 10.2 Å². The van der Waals surface area contributed by atoms with E-state index in [1.54, 1.807) is 18.2 Å². The molecular formula is C13H18N6O3. The molecule has 0 aliphatic carbocycles. The van der Waals surface area contributed by atoms with E-state index in [4.69, 9.17) is 0 Å². The van der Waals surface area contributed by atoms with Gasteiger partial charge in [0, 0.05) is 17.8 Å². The summed E-state index contributed by atoms with van der Waals surface area (Å²) in [5, 5.41) is 21.3. The zero-order chi connectivity index (χ0) is 15.9. The van der Waals surface area contributed by atoms with Gasteiger partial charge in [0.2, 0.25) is 11.0 Å². The molecule has 0 aliphatic rings. The third kappa shape index (κ3) is 4.42. The second-order valence-corrected chi connectivity index (χ2v) is 4.96. The van der Waals surface area contributed by atoms with Crippen LogP contribution in [0.25, 0.3) is 11.0 Å². The van der Waals surface area contributed by atoms with E-state index < -0.39 is 0 Å².